The van der Waals surface area contributed by atoms with Crippen molar-refractivity contribution in [3.8, 4) is 23.0 Å². The average molecular weight is 447 g/mol. The summed E-state index contributed by atoms with van der Waals surface area (Å²) in [5.74, 6) is 3.73. The average Bonchev–Trinajstić information content (AvgIpc) is 3.54. The third kappa shape index (κ3) is 5.01. The molecule has 2 aliphatic carbocycles. The van der Waals surface area contributed by atoms with E-state index in [1.165, 1.54) is 0 Å². The second-order valence-electron chi connectivity index (χ2n) is 8.34. The standard InChI is InChI=1S/C26H26N2O5/c1-2-3-12-23(24(29)27-14-16-13-21(16)25(30)31)28-26(32)33-15-22-19-10-6-4-8-17(19)18-9-5-7-11-20(18)22/h4-11,16,21-23H,12-15H2,1H3,(H,27,29)(H,28,32)(H,30,31)/t16-,21-,23?/m0/s1. The highest BCUT2D eigenvalue weighted by Crippen LogP contribution is 2.44. The van der Waals surface area contributed by atoms with Gasteiger partial charge in [-0.1, -0.05) is 48.5 Å². The number of hydrogen-bond acceptors (Lipinski definition) is 4. The molecule has 2 aromatic rings. The summed E-state index contributed by atoms with van der Waals surface area (Å²) in [6.07, 6.45) is -0.00115. The molecule has 0 heterocycles. The molecule has 0 aliphatic heterocycles. The van der Waals surface area contributed by atoms with E-state index in [0.29, 0.717) is 6.42 Å². The number of nitrogens with one attached hydrogen (secondary N) is 2. The molecule has 0 saturated heterocycles. The molecule has 3 atom stereocenters. The third-order valence-electron chi connectivity index (χ3n) is 6.21. The van der Waals surface area contributed by atoms with Crippen molar-refractivity contribution in [3.05, 3.63) is 59.7 Å². The summed E-state index contributed by atoms with van der Waals surface area (Å²) >= 11 is 0. The zero-order valence-electron chi connectivity index (χ0n) is 18.3. The van der Waals surface area contributed by atoms with E-state index in [1.54, 1.807) is 6.92 Å². The lowest BCUT2D eigenvalue weighted by atomic mass is 9.98. The number of carbonyl (C=O) groups excluding carboxylic acids is 2. The Kier molecular flexibility index (Phi) is 6.64. The normalized spacial score (nSPS) is 18.7. The van der Waals surface area contributed by atoms with Gasteiger partial charge in [-0.25, -0.2) is 4.79 Å². The SMILES string of the molecule is CC#CCC(NC(=O)OCC1c2ccccc2-c2ccccc21)C(=O)NC[C@@H]1C[C@@H]1C(=O)O. The molecule has 7 heteroatoms. The Bertz CT molecular complexity index is 1090. The van der Waals surface area contributed by atoms with Gasteiger partial charge in [-0.3, -0.25) is 9.59 Å². The number of carbonyl (C=O) groups is 3. The summed E-state index contributed by atoms with van der Waals surface area (Å²) in [5.41, 5.74) is 4.49. The maximum absolute atomic E-state index is 12.6. The second kappa shape index (κ2) is 9.78. The number of carboxylic acids is 1. The van der Waals surface area contributed by atoms with Crippen LogP contribution in [0.5, 0.6) is 0 Å². The van der Waals surface area contributed by atoms with Gasteiger partial charge in [-0.05, 0) is 41.5 Å². The van der Waals surface area contributed by atoms with Gasteiger partial charge < -0.3 is 20.5 Å². The predicted molar refractivity (Wildman–Crippen MR) is 122 cm³/mol. The second-order valence-corrected chi connectivity index (χ2v) is 8.34. The van der Waals surface area contributed by atoms with E-state index in [4.69, 9.17) is 9.84 Å². The molecule has 33 heavy (non-hydrogen) atoms. The summed E-state index contributed by atoms with van der Waals surface area (Å²) in [7, 11) is 0. The molecule has 0 spiro atoms. The Morgan fingerprint density at radius 3 is 2.30 bits per heavy atom. The molecule has 2 aliphatic rings. The highest BCUT2D eigenvalue weighted by atomic mass is 16.5. The predicted octanol–water partition coefficient (Wildman–Crippen LogP) is 3.14. The first-order valence-electron chi connectivity index (χ1n) is 11.0. The van der Waals surface area contributed by atoms with Gasteiger partial charge in [0.05, 0.1) is 5.92 Å². The van der Waals surface area contributed by atoms with Gasteiger partial charge in [0.2, 0.25) is 5.91 Å². The number of benzene rings is 2. The Morgan fingerprint density at radius 1 is 1.09 bits per heavy atom. The summed E-state index contributed by atoms with van der Waals surface area (Å²) in [6.45, 7) is 2.07. The number of fused-ring (bicyclic) bond motifs is 3. The van der Waals surface area contributed by atoms with E-state index >= 15 is 0 Å². The van der Waals surface area contributed by atoms with Gasteiger partial charge >= 0.3 is 12.1 Å². The number of ether oxygens (including phenoxy) is 1. The monoisotopic (exact) mass is 446 g/mol. The fourth-order valence-corrected chi connectivity index (χ4v) is 4.33. The molecule has 170 valence electrons. The third-order valence-corrected chi connectivity index (χ3v) is 6.21. The topological polar surface area (TPSA) is 105 Å². The first-order valence-corrected chi connectivity index (χ1v) is 11.0. The Balaban J connectivity index is 1.35. The van der Waals surface area contributed by atoms with Crippen molar-refractivity contribution in [1.29, 1.82) is 0 Å². The van der Waals surface area contributed by atoms with Crippen molar-refractivity contribution in [1.82, 2.24) is 10.6 Å². The van der Waals surface area contributed by atoms with E-state index in [9.17, 15) is 14.4 Å². The Labute approximate surface area is 192 Å². The van der Waals surface area contributed by atoms with Crippen molar-refractivity contribution in [2.75, 3.05) is 13.2 Å². The summed E-state index contributed by atoms with van der Waals surface area (Å²) in [5, 5.41) is 14.3. The van der Waals surface area contributed by atoms with Crippen LogP contribution in [-0.2, 0) is 14.3 Å². The molecular formula is C26H26N2O5. The smallest absolute Gasteiger partial charge is 0.407 e. The number of amides is 2. The molecule has 1 saturated carbocycles. The summed E-state index contributed by atoms with van der Waals surface area (Å²) < 4.78 is 5.53. The lowest BCUT2D eigenvalue weighted by Crippen LogP contribution is -2.47. The molecule has 4 rings (SSSR count). The van der Waals surface area contributed by atoms with Gasteiger partial charge in [0.25, 0.3) is 0 Å². The van der Waals surface area contributed by atoms with Crippen molar-refractivity contribution in [2.45, 2.75) is 31.7 Å². The molecule has 2 aromatic carbocycles. The van der Waals surface area contributed by atoms with Crippen molar-refractivity contribution in [2.24, 2.45) is 11.8 Å². The van der Waals surface area contributed by atoms with Crippen LogP contribution >= 0.6 is 0 Å². The quantitative estimate of drug-likeness (QED) is 0.541. The van der Waals surface area contributed by atoms with Gasteiger partial charge in [-0.15, -0.1) is 11.8 Å². The van der Waals surface area contributed by atoms with E-state index in [0.717, 1.165) is 22.3 Å². The zero-order valence-corrected chi connectivity index (χ0v) is 18.3. The summed E-state index contributed by atoms with van der Waals surface area (Å²) in [6, 6.07) is 15.2. The first kappa shape index (κ1) is 22.4. The van der Waals surface area contributed by atoms with Crippen LogP contribution < -0.4 is 10.6 Å². The fraction of sp³-hybridized carbons (Fsp3) is 0.346. The zero-order chi connectivity index (χ0) is 23.4. The van der Waals surface area contributed by atoms with Gasteiger partial charge in [-0.2, -0.15) is 0 Å². The lowest BCUT2D eigenvalue weighted by molar-refractivity contribution is -0.139. The Hall–Kier alpha value is -3.79. The molecule has 7 nitrogen and oxygen atoms in total. The number of hydrogen-bond donors (Lipinski definition) is 3. The van der Waals surface area contributed by atoms with E-state index in [-0.39, 0.29) is 31.4 Å². The molecular weight excluding hydrogens is 420 g/mol. The van der Waals surface area contributed by atoms with Crippen LogP contribution in [0.15, 0.2) is 48.5 Å². The minimum absolute atomic E-state index is 0.0705. The lowest BCUT2D eigenvalue weighted by Gasteiger charge is -2.18. The molecule has 1 unspecified atom stereocenters. The Morgan fingerprint density at radius 2 is 1.73 bits per heavy atom. The van der Waals surface area contributed by atoms with Crippen LogP contribution in [0, 0.1) is 23.7 Å². The van der Waals surface area contributed by atoms with Crippen molar-refractivity contribution < 1.29 is 24.2 Å². The van der Waals surface area contributed by atoms with E-state index in [1.807, 2.05) is 36.4 Å². The van der Waals surface area contributed by atoms with Crippen molar-refractivity contribution >= 4 is 18.0 Å². The van der Waals surface area contributed by atoms with Crippen LogP contribution in [0.3, 0.4) is 0 Å². The molecule has 0 radical (unpaired) electrons. The van der Waals surface area contributed by atoms with Crippen LogP contribution in [0.4, 0.5) is 4.79 Å². The first-order chi connectivity index (χ1) is 16.0. The molecule has 0 bridgehead atoms. The number of rotatable bonds is 8. The van der Waals surface area contributed by atoms with Crippen LogP contribution in [-0.4, -0.2) is 42.3 Å². The summed E-state index contributed by atoms with van der Waals surface area (Å²) in [4.78, 5) is 36.1. The molecule has 3 N–H and O–H groups in total. The number of aliphatic carboxylic acids is 1. The van der Waals surface area contributed by atoms with Crippen LogP contribution in [0.1, 0.15) is 36.8 Å². The maximum Gasteiger partial charge on any atom is 0.407 e. The molecule has 2 amide bonds. The van der Waals surface area contributed by atoms with E-state index in [2.05, 4.69) is 34.6 Å². The van der Waals surface area contributed by atoms with E-state index < -0.39 is 29.9 Å². The fourth-order valence-electron chi connectivity index (χ4n) is 4.33. The van der Waals surface area contributed by atoms with Gasteiger partial charge in [0.1, 0.15) is 12.6 Å². The van der Waals surface area contributed by atoms with Gasteiger partial charge in [0.15, 0.2) is 0 Å². The molecule has 1 fully saturated rings. The van der Waals surface area contributed by atoms with Crippen LogP contribution in [0.2, 0.25) is 0 Å². The number of alkyl carbamates (subject to hydrolysis) is 1. The number of carboxylic acid groups (broad SMARTS) is 1. The molecule has 0 aromatic heterocycles. The van der Waals surface area contributed by atoms with Crippen LogP contribution in [0.25, 0.3) is 11.1 Å². The minimum Gasteiger partial charge on any atom is -0.481 e. The minimum atomic E-state index is -0.880. The largest absolute Gasteiger partial charge is 0.481 e. The van der Waals surface area contributed by atoms with Crippen molar-refractivity contribution in [3.63, 3.8) is 0 Å². The van der Waals surface area contributed by atoms with Gasteiger partial charge in [0, 0.05) is 18.9 Å². The highest BCUT2D eigenvalue weighted by molar-refractivity contribution is 5.86. The maximum atomic E-state index is 12.6. The highest BCUT2D eigenvalue weighted by Gasteiger charge is 2.43.